The van der Waals surface area contributed by atoms with Gasteiger partial charge in [0.25, 0.3) is 0 Å². The summed E-state index contributed by atoms with van der Waals surface area (Å²) in [6.07, 6.45) is -3.61. The number of rotatable bonds is 2. The van der Waals surface area contributed by atoms with Crippen LogP contribution in [0.2, 0.25) is 0 Å². The Morgan fingerprint density at radius 2 is 1.72 bits per heavy atom. The molecule has 206 valence electrons. The second-order valence-electron chi connectivity index (χ2n) is 10.5. The van der Waals surface area contributed by atoms with Crippen LogP contribution in [0.5, 0.6) is 0 Å². The highest BCUT2D eigenvalue weighted by Gasteiger charge is 2.37. The van der Waals surface area contributed by atoms with Gasteiger partial charge in [0.1, 0.15) is 5.60 Å². The van der Waals surface area contributed by atoms with Gasteiger partial charge < -0.3 is 14.5 Å². The van der Waals surface area contributed by atoms with Crippen molar-refractivity contribution in [1.82, 2.24) is 19.0 Å². The van der Waals surface area contributed by atoms with E-state index in [9.17, 15) is 22.8 Å². The van der Waals surface area contributed by atoms with Crippen molar-refractivity contribution >= 4 is 49.6 Å². The smallest absolute Gasteiger partial charge is 0.418 e. The Morgan fingerprint density at radius 3 is 2.36 bits per heavy atom. The van der Waals surface area contributed by atoms with E-state index in [2.05, 4.69) is 20.9 Å². The first-order valence-corrected chi connectivity index (χ1v) is 13.1. The summed E-state index contributed by atoms with van der Waals surface area (Å²) in [5.41, 5.74) is -0.313. The summed E-state index contributed by atoms with van der Waals surface area (Å²) >= 11 is 3.43. The van der Waals surface area contributed by atoms with Gasteiger partial charge in [-0.3, -0.25) is 14.1 Å². The van der Waals surface area contributed by atoms with E-state index in [4.69, 9.17) is 4.74 Å². The maximum absolute atomic E-state index is 14.4. The van der Waals surface area contributed by atoms with Gasteiger partial charge in [-0.05, 0) is 57.2 Å². The van der Waals surface area contributed by atoms with Crippen LogP contribution in [0.1, 0.15) is 26.3 Å². The van der Waals surface area contributed by atoms with Gasteiger partial charge in [-0.15, -0.1) is 0 Å². The molecule has 0 spiro atoms. The summed E-state index contributed by atoms with van der Waals surface area (Å²) in [4.78, 5) is 33.2. The minimum absolute atomic E-state index is 0.00218. The van der Waals surface area contributed by atoms with Gasteiger partial charge in [-0.25, -0.2) is 9.59 Å². The zero-order valence-electron chi connectivity index (χ0n) is 21.8. The number of fused-ring (bicyclic) bond motifs is 3. The van der Waals surface area contributed by atoms with E-state index < -0.39 is 29.1 Å². The standard InChI is InChI=1S/C27H27BrF3N5O3/c1-26(2,3)39-25(38)35-11-9-34(10-12-35)21-8-6-17(14-19(21)27(29,30)31)36-23-18-13-16(28)5-7-20(18)32-15-22(23)33(4)24(36)37/h5-8,13-15H,9-12H2,1-4H3. The molecule has 8 nitrogen and oxygen atoms in total. The Balaban J connectivity index is 1.56. The van der Waals surface area contributed by atoms with Crippen molar-refractivity contribution in [3.8, 4) is 5.69 Å². The SMILES string of the molecule is Cn1c(=O)n(-c2ccc(N3CCN(C(=O)OC(C)(C)C)CC3)c(C(F)(F)F)c2)c2c3cc(Br)ccc3ncc21. The van der Waals surface area contributed by atoms with Crippen LogP contribution in [0, 0.1) is 0 Å². The van der Waals surface area contributed by atoms with Crippen LogP contribution in [-0.4, -0.2) is 56.9 Å². The third-order valence-corrected chi connectivity index (χ3v) is 7.15. The maximum Gasteiger partial charge on any atom is 0.418 e. The zero-order chi connectivity index (χ0) is 28.3. The topological polar surface area (TPSA) is 72.6 Å². The highest BCUT2D eigenvalue weighted by atomic mass is 79.9. The molecule has 0 bridgehead atoms. The van der Waals surface area contributed by atoms with Gasteiger partial charge in [0.05, 0.1) is 34.0 Å². The first-order valence-electron chi connectivity index (χ1n) is 12.3. The largest absolute Gasteiger partial charge is 0.444 e. The Bertz CT molecular complexity index is 1650. The lowest BCUT2D eigenvalue weighted by atomic mass is 10.1. The molecule has 0 unspecified atom stereocenters. The molecule has 1 aliphatic heterocycles. The Kier molecular flexibility index (Phi) is 6.64. The number of halogens is 4. The number of carbonyl (C=O) groups excluding carboxylic acids is 1. The summed E-state index contributed by atoms with van der Waals surface area (Å²) in [7, 11) is 1.57. The number of ether oxygens (including phenoxy) is 1. The van der Waals surface area contributed by atoms with Gasteiger partial charge in [-0.1, -0.05) is 15.9 Å². The van der Waals surface area contributed by atoms with Crippen molar-refractivity contribution in [1.29, 1.82) is 0 Å². The molecule has 2 aromatic carbocycles. The zero-order valence-corrected chi connectivity index (χ0v) is 23.4. The highest BCUT2D eigenvalue weighted by Crippen LogP contribution is 2.39. The van der Waals surface area contributed by atoms with Crippen LogP contribution < -0.4 is 10.6 Å². The number of benzene rings is 2. The summed E-state index contributed by atoms with van der Waals surface area (Å²) in [5, 5.41) is 0.635. The molecule has 4 aromatic rings. The monoisotopic (exact) mass is 605 g/mol. The summed E-state index contributed by atoms with van der Waals surface area (Å²) in [6, 6.07) is 9.32. The molecule has 0 aliphatic carbocycles. The van der Waals surface area contributed by atoms with Gasteiger partial charge in [0.15, 0.2) is 0 Å². The average Bonchev–Trinajstić information content (AvgIpc) is 3.12. The number of anilines is 1. The molecule has 3 heterocycles. The Morgan fingerprint density at radius 1 is 1.03 bits per heavy atom. The molecule has 0 saturated carbocycles. The number of aryl methyl sites for hydroxylation is 1. The van der Waals surface area contributed by atoms with Crippen LogP contribution in [0.25, 0.3) is 27.6 Å². The predicted molar refractivity (Wildman–Crippen MR) is 147 cm³/mol. The number of hydrogen-bond acceptors (Lipinski definition) is 5. The van der Waals surface area contributed by atoms with Crippen LogP contribution in [0.15, 0.2) is 51.9 Å². The molecule has 2 aromatic heterocycles. The van der Waals surface area contributed by atoms with E-state index in [-0.39, 0.29) is 37.6 Å². The molecular weight excluding hydrogens is 579 g/mol. The fourth-order valence-electron chi connectivity index (χ4n) is 4.83. The summed E-state index contributed by atoms with van der Waals surface area (Å²) in [6.45, 7) is 6.16. The molecule has 1 aliphatic rings. The van der Waals surface area contributed by atoms with Crippen molar-refractivity contribution < 1.29 is 22.7 Å². The van der Waals surface area contributed by atoms with E-state index in [0.717, 1.165) is 10.5 Å². The van der Waals surface area contributed by atoms with Gasteiger partial charge in [0, 0.05) is 48.8 Å². The highest BCUT2D eigenvalue weighted by molar-refractivity contribution is 9.10. The second-order valence-corrected chi connectivity index (χ2v) is 11.4. The number of aromatic nitrogens is 3. The first-order chi connectivity index (χ1) is 18.2. The lowest BCUT2D eigenvalue weighted by Crippen LogP contribution is -2.50. The number of piperazine rings is 1. The lowest BCUT2D eigenvalue weighted by molar-refractivity contribution is -0.137. The van der Waals surface area contributed by atoms with Gasteiger partial charge >= 0.3 is 18.0 Å². The van der Waals surface area contributed by atoms with Crippen molar-refractivity contribution in [2.24, 2.45) is 7.05 Å². The maximum atomic E-state index is 14.4. The van der Waals surface area contributed by atoms with Crippen LogP contribution in [-0.2, 0) is 18.0 Å². The van der Waals surface area contributed by atoms with E-state index in [1.54, 1.807) is 51.0 Å². The molecule has 5 rings (SSSR count). The number of amides is 1. The summed E-state index contributed by atoms with van der Waals surface area (Å²) < 4.78 is 52.0. The Labute approximate surface area is 230 Å². The fourth-order valence-corrected chi connectivity index (χ4v) is 5.19. The van der Waals surface area contributed by atoms with Crippen molar-refractivity contribution in [3.05, 3.63) is 63.1 Å². The van der Waals surface area contributed by atoms with Crippen LogP contribution >= 0.6 is 15.9 Å². The molecular formula is C27H27BrF3N5O3. The number of hydrogen-bond donors (Lipinski definition) is 0. The quantitative estimate of drug-likeness (QED) is 0.292. The fraction of sp³-hybridized carbons (Fsp3) is 0.370. The van der Waals surface area contributed by atoms with E-state index in [0.29, 0.717) is 21.9 Å². The van der Waals surface area contributed by atoms with Gasteiger partial charge in [-0.2, -0.15) is 13.2 Å². The van der Waals surface area contributed by atoms with E-state index >= 15 is 0 Å². The van der Waals surface area contributed by atoms with Crippen LogP contribution in [0.4, 0.5) is 23.7 Å². The second kappa shape index (κ2) is 9.58. The average molecular weight is 606 g/mol. The number of imidazole rings is 1. The molecule has 1 amide bonds. The Hall–Kier alpha value is -3.54. The molecule has 1 saturated heterocycles. The van der Waals surface area contributed by atoms with E-state index in [1.807, 2.05) is 6.07 Å². The predicted octanol–water partition coefficient (Wildman–Crippen LogP) is 5.72. The van der Waals surface area contributed by atoms with Crippen molar-refractivity contribution in [3.63, 3.8) is 0 Å². The third kappa shape index (κ3) is 5.09. The van der Waals surface area contributed by atoms with Crippen molar-refractivity contribution in [2.45, 2.75) is 32.5 Å². The molecule has 0 N–H and O–H groups in total. The molecule has 0 radical (unpaired) electrons. The lowest BCUT2D eigenvalue weighted by Gasteiger charge is -2.37. The van der Waals surface area contributed by atoms with E-state index in [1.165, 1.54) is 26.2 Å². The van der Waals surface area contributed by atoms with Gasteiger partial charge in [0.2, 0.25) is 0 Å². The number of nitrogens with zero attached hydrogens (tertiary/aromatic N) is 5. The number of pyridine rings is 1. The third-order valence-electron chi connectivity index (χ3n) is 6.66. The summed E-state index contributed by atoms with van der Waals surface area (Å²) in [5.74, 6) is 0. The molecule has 12 heteroatoms. The molecule has 1 fully saturated rings. The minimum Gasteiger partial charge on any atom is -0.444 e. The first kappa shape index (κ1) is 27.0. The number of carbonyl (C=O) groups is 1. The normalized spacial score (nSPS) is 14.9. The van der Waals surface area contributed by atoms with Crippen molar-refractivity contribution in [2.75, 3.05) is 31.1 Å². The number of alkyl halides is 3. The molecule has 0 atom stereocenters. The molecule has 39 heavy (non-hydrogen) atoms. The van der Waals surface area contributed by atoms with Crippen LogP contribution in [0.3, 0.4) is 0 Å². The minimum atomic E-state index is -4.67.